The molecule has 120 valence electrons. The van der Waals surface area contributed by atoms with E-state index in [0.717, 1.165) is 16.5 Å². The summed E-state index contributed by atoms with van der Waals surface area (Å²) in [4.78, 5) is 18.3. The Hall–Kier alpha value is -2.08. The predicted molar refractivity (Wildman–Crippen MR) is 93.4 cm³/mol. The van der Waals surface area contributed by atoms with Crippen molar-refractivity contribution < 1.29 is 4.73 Å². The van der Waals surface area contributed by atoms with E-state index in [4.69, 9.17) is 0 Å². The summed E-state index contributed by atoms with van der Waals surface area (Å²) in [5.41, 5.74) is 2.59. The van der Waals surface area contributed by atoms with Crippen LogP contribution in [-0.4, -0.2) is 9.97 Å². The van der Waals surface area contributed by atoms with Gasteiger partial charge in [-0.1, -0.05) is 32.0 Å². The Morgan fingerprint density at radius 1 is 1.30 bits per heavy atom. The van der Waals surface area contributed by atoms with E-state index in [2.05, 4.69) is 25.9 Å². The molecule has 2 N–H and O–H groups in total. The van der Waals surface area contributed by atoms with E-state index in [1.165, 1.54) is 0 Å². The number of hydrogen-bond donors (Lipinski definition) is 2. The lowest BCUT2D eigenvalue weighted by Gasteiger charge is -2.10. The van der Waals surface area contributed by atoms with Gasteiger partial charge in [-0.3, -0.25) is 4.79 Å². The summed E-state index contributed by atoms with van der Waals surface area (Å²) < 4.78 is 1.08. The molecular weight excluding hydrogens is 358 g/mol. The van der Waals surface area contributed by atoms with Crippen LogP contribution in [0.15, 0.2) is 39.9 Å². The molecule has 0 unspecified atom stereocenters. The molecule has 0 spiro atoms. The lowest BCUT2D eigenvalue weighted by Crippen LogP contribution is -2.43. The Morgan fingerprint density at radius 2 is 2.04 bits per heavy atom. The zero-order valence-electron chi connectivity index (χ0n) is 13.0. The lowest BCUT2D eigenvalue weighted by atomic mass is 10.1. The highest BCUT2D eigenvalue weighted by molar-refractivity contribution is 9.10. The highest BCUT2D eigenvalue weighted by Crippen LogP contribution is 2.22. The van der Waals surface area contributed by atoms with Crippen molar-refractivity contribution in [2.24, 2.45) is 5.92 Å². The summed E-state index contributed by atoms with van der Waals surface area (Å²) in [6.45, 7) is 3.96. The van der Waals surface area contributed by atoms with E-state index in [1.807, 2.05) is 44.3 Å². The van der Waals surface area contributed by atoms with Crippen LogP contribution in [0.4, 0.5) is 0 Å². The van der Waals surface area contributed by atoms with Crippen LogP contribution in [-0.2, 0) is 12.8 Å². The Kier molecular flexibility index (Phi) is 4.26. The summed E-state index contributed by atoms with van der Waals surface area (Å²) in [5, 5.41) is 13.5. The number of H-pyrrole nitrogens is 2. The number of aromatic nitrogens is 3. The molecule has 5 nitrogen and oxygen atoms in total. The van der Waals surface area contributed by atoms with Crippen molar-refractivity contribution in [1.29, 1.82) is 0 Å². The maximum Gasteiger partial charge on any atom is 0.317 e. The fourth-order valence-electron chi connectivity index (χ4n) is 2.74. The zero-order valence-corrected chi connectivity index (χ0v) is 14.6. The van der Waals surface area contributed by atoms with Gasteiger partial charge in [0, 0.05) is 45.9 Å². The SMILES string of the molecule is CC(C)Cc1c(=O)[nH]c(Cc2c[nH]c3ccccc23)c(Br)[n+]1[O-]. The van der Waals surface area contributed by atoms with Gasteiger partial charge in [-0.2, -0.15) is 4.73 Å². The second kappa shape index (κ2) is 6.20. The number of hydrogen-bond acceptors (Lipinski definition) is 2. The van der Waals surface area contributed by atoms with E-state index in [9.17, 15) is 10.0 Å². The van der Waals surface area contributed by atoms with E-state index in [1.54, 1.807) is 0 Å². The number of para-hydroxylation sites is 1. The molecule has 3 aromatic rings. The Bertz CT molecular complexity index is 912. The van der Waals surface area contributed by atoms with Gasteiger partial charge in [-0.15, -0.1) is 0 Å². The molecule has 0 aliphatic carbocycles. The minimum absolute atomic E-state index is 0.239. The molecular formula is C17H18BrN3O2. The molecule has 6 heteroatoms. The van der Waals surface area contributed by atoms with Crippen LogP contribution >= 0.6 is 15.9 Å². The Morgan fingerprint density at radius 3 is 2.78 bits per heavy atom. The fourth-order valence-corrected chi connectivity index (χ4v) is 3.20. The minimum atomic E-state index is -0.313. The molecule has 0 aliphatic heterocycles. The first-order chi connectivity index (χ1) is 11.0. The normalized spacial score (nSPS) is 11.5. The molecule has 2 heterocycles. The van der Waals surface area contributed by atoms with Gasteiger partial charge in [0.1, 0.15) is 5.69 Å². The second-order valence-electron chi connectivity index (χ2n) is 6.10. The molecule has 1 aromatic carbocycles. The first-order valence-electron chi connectivity index (χ1n) is 7.55. The summed E-state index contributed by atoms with van der Waals surface area (Å²) >= 11 is 3.34. The van der Waals surface area contributed by atoms with Crippen molar-refractivity contribution in [2.75, 3.05) is 0 Å². The average molecular weight is 376 g/mol. The topological polar surface area (TPSA) is 75.6 Å². The lowest BCUT2D eigenvalue weighted by molar-refractivity contribution is -0.628. The number of fused-ring (bicyclic) bond motifs is 1. The number of aromatic amines is 2. The second-order valence-corrected chi connectivity index (χ2v) is 6.85. The highest BCUT2D eigenvalue weighted by atomic mass is 79.9. The number of nitrogens with zero attached hydrogens (tertiary/aromatic N) is 1. The van der Waals surface area contributed by atoms with Crippen LogP contribution < -0.4 is 10.3 Å². The maximum absolute atomic E-state index is 12.4. The van der Waals surface area contributed by atoms with Crippen LogP contribution in [0, 0.1) is 11.1 Å². The molecule has 0 saturated carbocycles. The van der Waals surface area contributed by atoms with Crippen LogP contribution in [0.5, 0.6) is 0 Å². The van der Waals surface area contributed by atoms with E-state index in [-0.39, 0.29) is 17.2 Å². The number of nitrogens with one attached hydrogen (secondary N) is 2. The van der Waals surface area contributed by atoms with E-state index in [0.29, 0.717) is 27.9 Å². The maximum atomic E-state index is 12.4. The molecule has 23 heavy (non-hydrogen) atoms. The van der Waals surface area contributed by atoms with Crippen molar-refractivity contribution >= 4 is 26.8 Å². The van der Waals surface area contributed by atoms with Crippen LogP contribution in [0.2, 0.25) is 0 Å². The number of halogens is 1. The molecule has 0 radical (unpaired) electrons. The van der Waals surface area contributed by atoms with Crippen molar-refractivity contribution in [3.8, 4) is 0 Å². The van der Waals surface area contributed by atoms with E-state index < -0.39 is 0 Å². The third-order valence-corrected chi connectivity index (χ3v) is 4.64. The first-order valence-corrected chi connectivity index (χ1v) is 8.34. The predicted octanol–water partition coefficient (Wildman–Crippen LogP) is 3.04. The molecule has 0 aliphatic rings. The van der Waals surface area contributed by atoms with Crippen LogP contribution in [0.3, 0.4) is 0 Å². The quantitative estimate of drug-likeness (QED) is 0.543. The molecule has 0 atom stereocenters. The Labute approximate surface area is 142 Å². The van der Waals surface area contributed by atoms with Gasteiger partial charge in [0.15, 0.2) is 0 Å². The van der Waals surface area contributed by atoms with Crippen molar-refractivity contribution in [3.05, 3.63) is 67.6 Å². The van der Waals surface area contributed by atoms with Gasteiger partial charge in [-0.05, 0) is 17.5 Å². The standard InChI is InChI=1S/C17H18BrN3O2/c1-10(2)7-15-17(22)20-14(16(18)21(15)23)8-11-9-19-13-6-4-3-5-12(11)13/h3-6,9-10,19H,7-8H2,1-2H3,(H,20,22). The number of rotatable bonds is 4. The smallest absolute Gasteiger partial charge is 0.317 e. The van der Waals surface area contributed by atoms with Crippen molar-refractivity contribution in [2.45, 2.75) is 26.7 Å². The zero-order chi connectivity index (χ0) is 16.6. The highest BCUT2D eigenvalue weighted by Gasteiger charge is 2.21. The number of benzene rings is 1. The first kappa shape index (κ1) is 15.8. The van der Waals surface area contributed by atoms with Gasteiger partial charge in [0.25, 0.3) is 10.3 Å². The van der Waals surface area contributed by atoms with Crippen LogP contribution in [0.25, 0.3) is 10.9 Å². The average Bonchev–Trinajstić information content (AvgIpc) is 2.92. The third-order valence-electron chi connectivity index (χ3n) is 3.84. The summed E-state index contributed by atoms with van der Waals surface area (Å²) in [5.74, 6) is 0.239. The fraction of sp³-hybridized carbons (Fsp3) is 0.294. The summed E-state index contributed by atoms with van der Waals surface area (Å²) in [6, 6.07) is 7.95. The van der Waals surface area contributed by atoms with Gasteiger partial charge < -0.3 is 15.2 Å². The van der Waals surface area contributed by atoms with Gasteiger partial charge >= 0.3 is 5.56 Å². The molecule has 0 saturated heterocycles. The van der Waals surface area contributed by atoms with Gasteiger partial charge in [-0.25, -0.2) is 0 Å². The van der Waals surface area contributed by atoms with Crippen molar-refractivity contribution in [3.63, 3.8) is 0 Å². The van der Waals surface area contributed by atoms with E-state index >= 15 is 0 Å². The molecule has 0 amide bonds. The summed E-state index contributed by atoms with van der Waals surface area (Å²) in [6.07, 6.45) is 2.83. The minimum Gasteiger partial charge on any atom is -0.618 e. The van der Waals surface area contributed by atoms with Crippen LogP contribution in [0.1, 0.15) is 30.8 Å². The van der Waals surface area contributed by atoms with Gasteiger partial charge in [0.05, 0.1) is 0 Å². The molecule has 0 bridgehead atoms. The van der Waals surface area contributed by atoms with Gasteiger partial charge in [0.2, 0.25) is 0 Å². The summed E-state index contributed by atoms with van der Waals surface area (Å²) in [7, 11) is 0. The largest absolute Gasteiger partial charge is 0.618 e. The molecule has 3 rings (SSSR count). The molecule has 2 aromatic heterocycles. The third kappa shape index (κ3) is 3.03. The monoisotopic (exact) mass is 375 g/mol. The van der Waals surface area contributed by atoms with Crippen molar-refractivity contribution in [1.82, 2.24) is 9.97 Å². The molecule has 0 fully saturated rings. The Balaban J connectivity index is 2.02.